The number of aromatic nitrogens is 3. The van der Waals surface area contributed by atoms with Gasteiger partial charge in [-0.2, -0.15) is 0 Å². The van der Waals surface area contributed by atoms with Crippen molar-refractivity contribution in [3.63, 3.8) is 0 Å². The zero-order chi connectivity index (χ0) is 20.5. The lowest BCUT2D eigenvalue weighted by Gasteiger charge is -2.33. The number of halogens is 1. The molecule has 2 N–H and O–H groups in total. The number of aryl methyl sites for hydroxylation is 1. The summed E-state index contributed by atoms with van der Waals surface area (Å²) in [5.74, 6) is 2.73. The number of carbonyl (C=O) groups is 1. The number of unbranched alkanes of at least 4 members (excludes halogenated alkanes) is 1. The molecule has 1 amide bonds. The van der Waals surface area contributed by atoms with Gasteiger partial charge in [-0.05, 0) is 26.2 Å². The van der Waals surface area contributed by atoms with Crippen LogP contribution in [-0.2, 0) is 18.4 Å². The Balaban J connectivity index is 0.00000420. The predicted octanol–water partition coefficient (Wildman–Crippen LogP) is 1.13. The fourth-order valence-corrected chi connectivity index (χ4v) is 3.04. The minimum Gasteiger partial charge on any atom is -0.356 e. The molecule has 9 nitrogen and oxygen atoms in total. The molecule has 166 valence electrons. The Labute approximate surface area is 191 Å². The lowest BCUT2D eigenvalue weighted by atomic mass is 10.1. The molecule has 0 saturated carbocycles. The van der Waals surface area contributed by atoms with E-state index in [2.05, 4.69) is 32.7 Å². The van der Waals surface area contributed by atoms with Crippen LogP contribution in [0.2, 0.25) is 0 Å². The number of hydrogen-bond donors (Lipinski definition) is 2. The van der Waals surface area contributed by atoms with Crippen molar-refractivity contribution in [1.82, 2.24) is 35.2 Å². The van der Waals surface area contributed by atoms with Gasteiger partial charge in [-0.15, -0.1) is 34.2 Å². The van der Waals surface area contributed by atoms with Crippen LogP contribution in [0.25, 0.3) is 0 Å². The van der Waals surface area contributed by atoms with E-state index in [1.807, 2.05) is 18.5 Å². The van der Waals surface area contributed by atoms with Crippen LogP contribution in [-0.4, -0.2) is 82.7 Å². The van der Waals surface area contributed by atoms with E-state index in [4.69, 9.17) is 4.99 Å². The van der Waals surface area contributed by atoms with Gasteiger partial charge in [-0.25, -0.2) is 4.99 Å². The maximum atomic E-state index is 11.9. The minimum atomic E-state index is 0. The zero-order valence-electron chi connectivity index (χ0n) is 18.4. The van der Waals surface area contributed by atoms with E-state index in [0.29, 0.717) is 19.1 Å². The first-order chi connectivity index (χ1) is 13.4. The van der Waals surface area contributed by atoms with Crippen molar-refractivity contribution >= 4 is 35.8 Å². The Hall–Kier alpha value is -1.43. The van der Waals surface area contributed by atoms with E-state index in [-0.39, 0.29) is 29.9 Å². The highest BCUT2D eigenvalue weighted by molar-refractivity contribution is 14.0. The molecule has 0 aliphatic carbocycles. The number of aliphatic imine (C=N–C) groups is 1. The van der Waals surface area contributed by atoms with Crippen molar-refractivity contribution < 1.29 is 4.79 Å². The van der Waals surface area contributed by atoms with Gasteiger partial charge in [0.2, 0.25) is 5.91 Å². The van der Waals surface area contributed by atoms with Crippen molar-refractivity contribution in [1.29, 1.82) is 0 Å². The van der Waals surface area contributed by atoms with Gasteiger partial charge in [0, 0.05) is 46.8 Å². The predicted molar refractivity (Wildman–Crippen MR) is 126 cm³/mol. The number of nitrogens with zero attached hydrogens (tertiary/aromatic N) is 6. The van der Waals surface area contributed by atoms with Crippen LogP contribution >= 0.6 is 24.0 Å². The van der Waals surface area contributed by atoms with Crippen LogP contribution in [0.1, 0.15) is 44.3 Å². The molecule has 1 aromatic rings. The summed E-state index contributed by atoms with van der Waals surface area (Å²) >= 11 is 0. The molecule has 0 spiro atoms. The molecule has 0 unspecified atom stereocenters. The normalized spacial score (nSPS) is 15.7. The standard InChI is InChI=1S/C19H36N8O.HI/c1-6-7-10-20-19(21-13-17-24-23-15(2)26(17)5)22-16-8-11-27(12-9-16)14-18(28)25(3)4;/h16H,6-14H2,1-5H3,(H2,20,21,22);1H. The first-order valence-corrected chi connectivity index (χ1v) is 10.2. The summed E-state index contributed by atoms with van der Waals surface area (Å²) in [6.07, 6.45) is 4.24. The number of nitrogens with one attached hydrogen (secondary N) is 2. The molecule has 2 rings (SSSR count). The largest absolute Gasteiger partial charge is 0.356 e. The van der Waals surface area contributed by atoms with E-state index in [1.54, 1.807) is 19.0 Å². The van der Waals surface area contributed by atoms with Crippen LogP contribution in [0, 0.1) is 6.92 Å². The molecule has 1 aromatic heterocycles. The summed E-state index contributed by atoms with van der Waals surface area (Å²) in [5, 5.41) is 15.3. The second-order valence-electron chi connectivity index (χ2n) is 7.65. The van der Waals surface area contributed by atoms with Gasteiger partial charge >= 0.3 is 0 Å². The van der Waals surface area contributed by atoms with Crippen molar-refractivity contribution in [3.8, 4) is 0 Å². The van der Waals surface area contributed by atoms with E-state index in [1.165, 1.54) is 0 Å². The van der Waals surface area contributed by atoms with Gasteiger partial charge in [0.05, 0.1) is 6.54 Å². The molecular weight excluding hydrogens is 483 g/mol. The number of likely N-dealkylation sites (N-methyl/N-ethyl adjacent to an activating group) is 1. The molecular formula is C19H37IN8O. The topological polar surface area (TPSA) is 90.7 Å². The van der Waals surface area contributed by atoms with Crippen LogP contribution in [0.4, 0.5) is 0 Å². The Morgan fingerprint density at radius 2 is 1.97 bits per heavy atom. The fraction of sp³-hybridized carbons (Fsp3) is 0.789. The van der Waals surface area contributed by atoms with Crippen molar-refractivity contribution in [2.45, 2.75) is 52.1 Å². The third-order valence-electron chi connectivity index (χ3n) is 5.17. The summed E-state index contributed by atoms with van der Waals surface area (Å²) in [7, 11) is 5.57. The molecule has 1 aliphatic rings. The molecule has 10 heteroatoms. The van der Waals surface area contributed by atoms with Crippen LogP contribution in [0.15, 0.2) is 4.99 Å². The Kier molecular flexibility index (Phi) is 11.5. The summed E-state index contributed by atoms with van der Waals surface area (Å²) in [5.41, 5.74) is 0. The van der Waals surface area contributed by atoms with Crippen molar-refractivity contribution in [3.05, 3.63) is 11.6 Å². The van der Waals surface area contributed by atoms with E-state index >= 15 is 0 Å². The lowest BCUT2D eigenvalue weighted by molar-refractivity contribution is -0.130. The smallest absolute Gasteiger partial charge is 0.236 e. The number of piperidine rings is 1. The summed E-state index contributed by atoms with van der Waals surface area (Å²) in [4.78, 5) is 20.5. The molecule has 2 heterocycles. The second kappa shape index (κ2) is 13.0. The number of likely N-dealkylation sites (tertiary alicyclic amines) is 1. The van der Waals surface area contributed by atoms with Gasteiger partial charge in [0.15, 0.2) is 11.8 Å². The van der Waals surface area contributed by atoms with Gasteiger partial charge in [0.25, 0.3) is 0 Å². The molecule has 0 aromatic carbocycles. The van der Waals surface area contributed by atoms with E-state index < -0.39 is 0 Å². The van der Waals surface area contributed by atoms with Crippen LogP contribution < -0.4 is 10.6 Å². The number of carbonyl (C=O) groups excluding carboxylic acids is 1. The maximum absolute atomic E-state index is 11.9. The van der Waals surface area contributed by atoms with E-state index in [0.717, 1.165) is 62.9 Å². The zero-order valence-corrected chi connectivity index (χ0v) is 20.8. The highest BCUT2D eigenvalue weighted by Crippen LogP contribution is 2.10. The van der Waals surface area contributed by atoms with Gasteiger partial charge in [-0.3, -0.25) is 9.69 Å². The van der Waals surface area contributed by atoms with Crippen LogP contribution in [0.5, 0.6) is 0 Å². The lowest BCUT2D eigenvalue weighted by Crippen LogP contribution is -2.50. The molecule has 1 saturated heterocycles. The molecule has 29 heavy (non-hydrogen) atoms. The fourth-order valence-electron chi connectivity index (χ4n) is 3.04. The maximum Gasteiger partial charge on any atom is 0.236 e. The van der Waals surface area contributed by atoms with Gasteiger partial charge < -0.3 is 20.1 Å². The highest BCUT2D eigenvalue weighted by Gasteiger charge is 2.22. The molecule has 0 bridgehead atoms. The summed E-state index contributed by atoms with van der Waals surface area (Å²) < 4.78 is 1.97. The average Bonchev–Trinajstić information content (AvgIpc) is 2.99. The van der Waals surface area contributed by atoms with Gasteiger partial charge in [-0.1, -0.05) is 13.3 Å². The molecule has 1 fully saturated rings. The highest BCUT2D eigenvalue weighted by atomic mass is 127. The number of rotatable bonds is 8. The molecule has 1 aliphatic heterocycles. The number of hydrogen-bond acceptors (Lipinski definition) is 5. The Bertz CT molecular complexity index is 653. The first kappa shape index (κ1) is 25.6. The van der Waals surface area contributed by atoms with E-state index in [9.17, 15) is 4.79 Å². The minimum absolute atomic E-state index is 0. The number of amides is 1. The van der Waals surface area contributed by atoms with Crippen molar-refractivity contribution in [2.75, 3.05) is 40.3 Å². The number of guanidine groups is 1. The average molecular weight is 520 g/mol. The Morgan fingerprint density at radius 3 is 2.52 bits per heavy atom. The molecule has 0 radical (unpaired) electrons. The summed E-state index contributed by atoms with van der Waals surface area (Å²) in [6, 6.07) is 0.361. The summed E-state index contributed by atoms with van der Waals surface area (Å²) in [6.45, 7) is 7.85. The van der Waals surface area contributed by atoms with Crippen LogP contribution in [0.3, 0.4) is 0 Å². The quantitative estimate of drug-likeness (QED) is 0.231. The Morgan fingerprint density at radius 1 is 1.28 bits per heavy atom. The third kappa shape index (κ3) is 8.45. The molecule has 0 atom stereocenters. The third-order valence-corrected chi connectivity index (χ3v) is 5.17. The first-order valence-electron chi connectivity index (χ1n) is 10.2. The van der Waals surface area contributed by atoms with Gasteiger partial charge in [0.1, 0.15) is 12.4 Å². The SMILES string of the molecule is CCCCNC(=NCc1nnc(C)n1C)NC1CCN(CC(=O)N(C)C)CC1.I. The van der Waals surface area contributed by atoms with Crippen molar-refractivity contribution in [2.24, 2.45) is 12.0 Å². The second-order valence-corrected chi connectivity index (χ2v) is 7.65. The monoisotopic (exact) mass is 520 g/mol.